The number of hydrogen-bond donors (Lipinski definition) is 2. The van der Waals surface area contributed by atoms with Crippen LogP contribution < -0.4 is 15.8 Å². The van der Waals surface area contributed by atoms with Crippen molar-refractivity contribution in [1.82, 2.24) is 0 Å². The average molecular weight is 414 g/mol. The van der Waals surface area contributed by atoms with E-state index in [-0.39, 0.29) is 12.5 Å². The minimum absolute atomic E-state index is 0.0812. The van der Waals surface area contributed by atoms with Crippen LogP contribution in [-0.2, 0) is 11.3 Å². The maximum absolute atomic E-state index is 11.9. The summed E-state index contributed by atoms with van der Waals surface area (Å²) in [5, 5.41) is 2.77. The van der Waals surface area contributed by atoms with E-state index in [1.165, 1.54) is 0 Å². The van der Waals surface area contributed by atoms with E-state index in [2.05, 4.69) is 37.2 Å². The highest BCUT2D eigenvalue weighted by Gasteiger charge is 2.10. The van der Waals surface area contributed by atoms with Gasteiger partial charge in [0.25, 0.3) is 5.91 Å². The number of rotatable bonds is 5. The number of hydrogen-bond acceptors (Lipinski definition) is 3. The molecule has 0 aliphatic carbocycles. The number of amides is 1. The fourth-order valence-electron chi connectivity index (χ4n) is 1.78. The van der Waals surface area contributed by atoms with Crippen LogP contribution in [0.25, 0.3) is 0 Å². The highest BCUT2D eigenvalue weighted by atomic mass is 79.9. The summed E-state index contributed by atoms with van der Waals surface area (Å²) in [5.74, 6) is 0.371. The molecule has 6 heteroatoms. The molecule has 2 rings (SSSR count). The van der Waals surface area contributed by atoms with Gasteiger partial charge in [0.1, 0.15) is 5.75 Å². The predicted molar refractivity (Wildman–Crippen MR) is 90.3 cm³/mol. The van der Waals surface area contributed by atoms with Crippen molar-refractivity contribution in [2.75, 3.05) is 11.9 Å². The number of benzene rings is 2. The van der Waals surface area contributed by atoms with Crippen LogP contribution >= 0.6 is 31.9 Å². The lowest BCUT2D eigenvalue weighted by atomic mass is 10.2. The lowest BCUT2D eigenvalue weighted by Crippen LogP contribution is -2.20. The fraction of sp³-hybridized carbons (Fsp3) is 0.133. The van der Waals surface area contributed by atoms with E-state index in [4.69, 9.17) is 10.5 Å². The van der Waals surface area contributed by atoms with Crippen LogP contribution in [0.1, 0.15) is 5.56 Å². The molecule has 2 aromatic rings. The van der Waals surface area contributed by atoms with Gasteiger partial charge in [-0.1, -0.05) is 34.1 Å². The van der Waals surface area contributed by atoms with E-state index < -0.39 is 0 Å². The van der Waals surface area contributed by atoms with Gasteiger partial charge >= 0.3 is 0 Å². The number of nitrogens with one attached hydrogen (secondary N) is 1. The first-order chi connectivity index (χ1) is 10.1. The molecular weight excluding hydrogens is 400 g/mol. The Morgan fingerprint density at radius 3 is 2.67 bits per heavy atom. The van der Waals surface area contributed by atoms with Gasteiger partial charge in [-0.05, 0) is 40.2 Å². The third-order valence-corrected chi connectivity index (χ3v) is 3.84. The topological polar surface area (TPSA) is 64.3 Å². The summed E-state index contributed by atoms with van der Waals surface area (Å²) >= 11 is 6.75. The maximum Gasteiger partial charge on any atom is 0.262 e. The highest BCUT2D eigenvalue weighted by molar-refractivity contribution is 9.10. The molecular formula is C15H14Br2N2O2. The van der Waals surface area contributed by atoms with Crippen molar-refractivity contribution in [2.24, 2.45) is 5.73 Å². The molecule has 0 saturated heterocycles. The Labute approximate surface area is 139 Å². The number of carbonyl (C=O) groups excluding carboxylic acids is 1. The Morgan fingerprint density at radius 2 is 1.95 bits per heavy atom. The lowest BCUT2D eigenvalue weighted by molar-refractivity contribution is -0.118. The van der Waals surface area contributed by atoms with E-state index in [0.717, 1.165) is 14.5 Å². The van der Waals surface area contributed by atoms with Gasteiger partial charge in [0.2, 0.25) is 0 Å². The molecule has 0 aromatic heterocycles. The Hall–Kier alpha value is -1.37. The van der Waals surface area contributed by atoms with Gasteiger partial charge < -0.3 is 15.8 Å². The zero-order valence-electron chi connectivity index (χ0n) is 11.1. The van der Waals surface area contributed by atoms with Crippen LogP contribution in [0.2, 0.25) is 0 Å². The molecule has 110 valence electrons. The molecule has 0 heterocycles. The molecule has 0 radical (unpaired) electrons. The summed E-state index contributed by atoms with van der Waals surface area (Å²) in [6, 6.07) is 13.0. The molecule has 21 heavy (non-hydrogen) atoms. The monoisotopic (exact) mass is 412 g/mol. The zero-order chi connectivity index (χ0) is 15.2. The molecule has 1 amide bonds. The smallest absolute Gasteiger partial charge is 0.262 e. The minimum Gasteiger partial charge on any atom is -0.482 e. The molecule has 0 spiro atoms. The van der Waals surface area contributed by atoms with Crippen molar-refractivity contribution >= 4 is 43.5 Å². The number of halogens is 2. The van der Waals surface area contributed by atoms with Crippen LogP contribution in [0.15, 0.2) is 51.4 Å². The molecule has 2 aromatic carbocycles. The second-order valence-corrected chi connectivity index (χ2v) is 6.05. The van der Waals surface area contributed by atoms with E-state index >= 15 is 0 Å². The third-order valence-electron chi connectivity index (χ3n) is 2.72. The number of nitrogens with two attached hydrogens (primary N) is 1. The van der Waals surface area contributed by atoms with Gasteiger partial charge in [0, 0.05) is 22.3 Å². The third kappa shape index (κ3) is 4.56. The van der Waals surface area contributed by atoms with Crippen molar-refractivity contribution in [2.45, 2.75) is 6.54 Å². The van der Waals surface area contributed by atoms with Crippen molar-refractivity contribution in [3.63, 3.8) is 0 Å². The largest absolute Gasteiger partial charge is 0.482 e. The number of ether oxygens (including phenoxy) is 1. The van der Waals surface area contributed by atoms with Crippen molar-refractivity contribution < 1.29 is 9.53 Å². The average Bonchev–Trinajstić information content (AvgIpc) is 2.45. The quantitative estimate of drug-likeness (QED) is 0.785. The first-order valence-electron chi connectivity index (χ1n) is 6.26. The molecule has 0 bridgehead atoms. The van der Waals surface area contributed by atoms with Crippen LogP contribution in [0, 0.1) is 0 Å². The SMILES string of the molecule is NCc1cccc(Br)c1OCC(=O)Nc1cccc(Br)c1. The predicted octanol–water partition coefficient (Wildman–Crippen LogP) is 3.69. The molecule has 4 nitrogen and oxygen atoms in total. The Morgan fingerprint density at radius 1 is 1.19 bits per heavy atom. The van der Waals surface area contributed by atoms with Crippen molar-refractivity contribution in [3.05, 3.63) is 57.0 Å². The van der Waals surface area contributed by atoms with Crippen LogP contribution in [0.4, 0.5) is 5.69 Å². The van der Waals surface area contributed by atoms with Crippen LogP contribution in [0.3, 0.4) is 0 Å². The molecule has 0 atom stereocenters. The number of para-hydroxylation sites is 1. The molecule has 0 fully saturated rings. The Balaban J connectivity index is 1.99. The molecule has 0 saturated carbocycles. The van der Waals surface area contributed by atoms with E-state index in [9.17, 15) is 4.79 Å². The molecule has 0 aliphatic heterocycles. The second kappa shape index (κ2) is 7.59. The van der Waals surface area contributed by atoms with Gasteiger partial charge in [-0.15, -0.1) is 0 Å². The first-order valence-corrected chi connectivity index (χ1v) is 7.84. The molecule has 0 unspecified atom stereocenters. The highest BCUT2D eigenvalue weighted by Crippen LogP contribution is 2.28. The van der Waals surface area contributed by atoms with Gasteiger partial charge in [-0.2, -0.15) is 0 Å². The zero-order valence-corrected chi connectivity index (χ0v) is 14.3. The summed E-state index contributed by atoms with van der Waals surface area (Å²) in [6.45, 7) is 0.268. The Kier molecular flexibility index (Phi) is 5.78. The summed E-state index contributed by atoms with van der Waals surface area (Å²) in [6.07, 6.45) is 0. The van der Waals surface area contributed by atoms with E-state index in [1.807, 2.05) is 42.5 Å². The fourth-order valence-corrected chi connectivity index (χ4v) is 2.70. The normalized spacial score (nSPS) is 10.2. The number of carbonyl (C=O) groups is 1. The minimum atomic E-state index is -0.230. The van der Waals surface area contributed by atoms with Crippen molar-refractivity contribution in [1.29, 1.82) is 0 Å². The van der Waals surface area contributed by atoms with Crippen LogP contribution in [-0.4, -0.2) is 12.5 Å². The number of anilines is 1. The van der Waals surface area contributed by atoms with Gasteiger partial charge in [-0.25, -0.2) is 0 Å². The maximum atomic E-state index is 11.9. The van der Waals surface area contributed by atoms with Gasteiger partial charge in [0.05, 0.1) is 4.47 Å². The summed E-state index contributed by atoms with van der Waals surface area (Å²) < 4.78 is 7.25. The molecule has 3 N–H and O–H groups in total. The van der Waals surface area contributed by atoms with E-state index in [1.54, 1.807) is 0 Å². The summed E-state index contributed by atoms with van der Waals surface area (Å²) in [5.41, 5.74) is 7.22. The van der Waals surface area contributed by atoms with Gasteiger partial charge in [-0.3, -0.25) is 4.79 Å². The Bertz CT molecular complexity index is 647. The van der Waals surface area contributed by atoms with Gasteiger partial charge in [0.15, 0.2) is 6.61 Å². The lowest BCUT2D eigenvalue weighted by Gasteiger charge is -2.12. The second-order valence-electron chi connectivity index (χ2n) is 4.28. The first kappa shape index (κ1) is 16.0. The summed E-state index contributed by atoms with van der Waals surface area (Å²) in [4.78, 5) is 11.9. The van der Waals surface area contributed by atoms with Crippen LogP contribution in [0.5, 0.6) is 5.75 Å². The van der Waals surface area contributed by atoms with E-state index in [0.29, 0.717) is 18.0 Å². The molecule has 0 aliphatic rings. The summed E-state index contributed by atoms with van der Waals surface area (Å²) in [7, 11) is 0. The van der Waals surface area contributed by atoms with Crippen molar-refractivity contribution in [3.8, 4) is 5.75 Å². The standard InChI is InChI=1S/C15H14Br2N2O2/c16-11-4-2-5-12(7-11)19-14(20)9-21-15-10(8-18)3-1-6-13(15)17/h1-7H,8-9,18H2,(H,19,20).